The van der Waals surface area contributed by atoms with Crippen LogP contribution >= 0.6 is 0 Å². The van der Waals surface area contributed by atoms with Gasteiger partial charge in [0.1, 0.15) is 0 Å². The van der Waals surface area contributed by atoms with E-state index >= 15 is 0 Å². The van der Waals surface area contributed by atoms with E-state index in [0.717, 1.165) is 0 Å². The predicted molar refractivity (Wildman–Crippen MR) is 160 cm³/mol. The fraction of sp³-hybridized carbons (Fsp3) is 0.0270. The van der Waals surface area contributed by atoms with Gasteiger partial charge in [-0.25, -0.2) is 0 Å². The monoisotopic (exact) mass is 470 g/mol. The van der Waals surface area contributed by atoms with Gasteiger partial charge in [0.05, 0.1) is 0 Å². The SMILES string of the molecule is Cc1ccc2c(-c3ccc(-c4cccc5ccccc45)cc3)c3ccccc3c(-c3ccccc3)c2c1. The third-order valence-electron chi connectivity index (χ3n) is 7.52. The molecule has 0 amide bonds. The topological polar surface area (TPSA) is 0 Å². The summed E-state index contributed by atoms with van der Waals surface area (Å²) in [5.41, 5.74) is 8.90. The van der Waals surface area contributed by atoms with Crippen LogP contribution in [0.4, 0.5) is 0 Å². The summed E-state index contributed by atoms with van der Waals surface area (Å²) < 4.78 is 0. The van der Waals surface area contributed by atoms with Crippen LogP contribution < -0.4 is 0 Å². The summed E-state index contributed by atoms with van der Waals surface area (Å²) in [5.74, 6) is 0. The van der Waals surface area contributed by atoms with Crippen LogP contribution in [0.2, 0.25) is 0 Å². The predicted octanol–water partition coefficient (Wildman–Crippen LogP) is 10.5. The van der Waals surface area contributed by atoms with Crippen molar-refractivity contribution < 1.29 is 0 Å². The summed E-state index contributed by atoms with van der Waals surface area (Å²) >= 11 is 0. The lowest BCUT2D eigenvalue weighted by atomic mass is 9.85. The molecule has 0 saturated heterocycles. The zero-order valence-corrected chi connectivity index (χ0v) is 20.8. The molecule has 0 aliphatic rings. The Labute approximate surface area is 217 Å². The Balaban J connectivity index is 1.49. The summed E-state index contributed by atoms with van der Waals surface area (Å²) in [4.78, 5) is 0. The molecule has 0 aliphatic carbocycles. The first-order valence-corrected chi connectivity index (χ1v) is 12.9. The Bertz CT molecular complexity index is 1900. The van der Waals surface area contributed by atoms with Gasteiger partial charge in [-0.15, -0.1) is 0 Å². The fourth-order valence-electron chi connectivity index (χ4n) is 5.81. The maximum absolute atomic E-state index is 2.35. The molecule has 0 heterocycles. The molecule has 0 atom stereocenters. The molecule has 0 bridgehead atoms. The van der Waals surface area contributed by atoms with E-state index < -0.39 is 0 Å². The van der Waals surface area contributed by atoms with E-state index in [-0.39, 0.29) is 0 Å². The lowest BCUT2D eigenvalue weighted by Crippen LogP contribution is -1.91. The smallest absolute Gasteiger partial charge is 0.00263 e. The van der Waals surface area contributed by atoms with Crippen LogP contribution in [0.15, 0.2) is 140 Å². The summed E-state index contributed by atoms with van der Waals surface area (Å²) in [6.07, 6.45) is 0. The molecule has 0 spiro atoms. The molecule has 0 N–H and O–H groups in total. The minimum atomic E-state index is 1.24. The molecular weight excluding hydrogens is 444 g/mol. The van der Waals surface area contributed by atoms with Gasteiger partial charge in [-0.05, 0) is 72.6 Å². The van der Waals surface area contributed by atoms with Crippen LogP contribution in [0.3, 0.4) is 0 Å². The molecule has 0 saturated carbocycles. The van der Waals surface area contributed by atoms with Gasteiger partial charge in [-0.2, -0.15) is 0 Å². The second-order valence-electron chi connectivity index (χ2n) is 9.81. The molecule has 7 rings (SSSR count). The summed E-state index contributed by atoms with van der Waals surface area (Å²) in [7, 11) is 0. The first-order valence-electron chi connectivity index (χ1n) is 12.9. The summed E-state index contributed by atoms with van der Waals surface area (Å²) in [6, 6.07) is 50.8. The lowest BCUT2D eigenvalue weighted by Gasteiger charge is -2.18. The lowest BCUT2D eigenvalue weighted by molar-refractivity contribution is 1.51. The number of benzene rings is 7. The number of fused-ring (bicyclic) bond motifs is 3. The molecule has 0 nitrogen and oxygen atoms in total. The quantitative estimate of drug-likeness (QED) is 0.225. The maximum atomic E-state index is 2.35. The molecular formula is C37H26. The van der Waals surface area contributed by atoms with E-state index in [1.807, 2.05) is 0 Å². The molecule has 37 heavy (non-hydrogen) atoms. The van der Waals surface area contributed by atoms with Crippen molar-refractivity contribution in [2.75, 3.05) is 0 Å². The molecule has 7 aromatic rings. The van der Waals surface area contributed by atoms with Gasteiger partial charge in [0.25, 0.3) is 0 Å². The molecule has 7 aromatic carbocycles. The average Bonchev–Trinajstić information content (AvgIpc) is 2.96. The van der Waals surface area contributed by atoms with E-state index in [1.165, 1.54) is 71.3 Å². The summed E-state index contributed by atoms with van der Waals surface area (Å²) in [6.45, 7) is 2.18. The molecule has 0 unspecified atom stereocenters. The van der Waals surface area contributed by atoms with Gasteiger partial charge in [-0.1, -0.05) is 145 Å². The van der Waals surface area contributed by atoms with E-state index in [1.54, 1.807) is 0 Å². The van der Waals surface area contributed by atoms with Crippen molar-refractivity contribution in [3.8, 4) is 33.4 Å². The highest BCUT2D eigenvalue weighted by Gasteiger charge is 2.16. The molecule has 0 radical (unpaired) electrons. The highest BCUT2D eigenvalue weighted by molar-refractivity contribution is 6.21. The maximum Gasteiger partial charge on any atom is -0.00263 e. The van der Waals surface area contributed by atoms with Crippen LogP contribution in [0.1, 0.15) is 5.56 Å². The van der Waals surface area contributed by atoms with Crippen LogP contribution in [-0.2, 0) is 0 Å². The Morgan fingerprint density at radius 1 is 0.351 bits per heavy atom. The van der Waals surface area contributed by atoms with Crippen molar-refractivity contribution >= 4 is 32.3 Å². The minimum absolute atomic E-state index is 1.24. The van der Waals surface area contributed by atoms with Crippen molar-refractivity contribution in [2.24, 2.45) is 0 Å². The van der Waals surface area contributed by atoms with Gasteiger partial charge >= 0.3 is 0 Å². The highest BCUT2D eigenvalue weighted by atomic mass is 14.2. The Morgan fingerprint density at radius 3 is 1.65 bits per heavy atom. The van der Waals surface area contributed by atoms with Crippen LogP contribution in [0, 0.1) is 6.92 Å². The second-order valence-corrected chi connectivity index (χ2v) is 9.81. The van der Waals surface area contributed by atoms with E-state index in [2.05, 4.69) is 146 Å². The number of hydrogen-bond acceptors (Lipinski definition) is 0. The first-order chi connectivity index (χ1) is 18.3. The van der Waals surface area contributed by atoms with Crippen LogP contribution in [-0.4, -0.2) is 0 Å². The Hall–Kier alpha value is -4.68. The van der Waals surface area contributed by atoms with Crippen molar-refractivity contribution in [3.05, 3.63) is 145 Å². The molecule has 0 aromatic heterocycles. The van der Waals surface area contributed by atoms with Crippen molar-refractivity contribution in [2.45, 2.75) is 6.92 Å². The second kappa shape index (κ2) is 8.76. The van der Waals surface area contributed by atoms with Gasteiger partial charge in [0, 0.05) is 0 Å². The van der Waals surface area contributed by atoms with Crippen molar-refractivity contribution in [1.29, 1.82) is 0 Å². The zero-order chi connectivity index (χ0) is 24.8. The van der Waals surface area contributed by atoms with E-state index in [9.17, 15) is 0 Å². The van der Waals surface area contributed by atoms with Gasteiger partial charge in [0.15, 0.2) is 0 Å². The molecule has 0 aliphatic heterocycles. The summed E-state index contributed by atoms with van der Waals surface area (Å²) in [5, 5.41) is 7.74. The standard InChI is InChI=1S/C37H26/c1-25-18-23-34-35(24-25)37(28-11-3-2-4-12-28)33-16-8-7-15-32(33)36(34)29-21-19-27(20-22-29)31-17-9-13-26-10-5-6-14-30(26)31/h2-24H,1H3. The van der Waals surface area contributed by atoms with Crippen LogP contribution in [0.25, 0.3) is 65.7 Å². The van der Waals surface area contributed by atoms with Crippen molar-refractivity contribution in [1.82, 2.24) is 0 Å². The van der Waals surface area contributed by atoms with Crippen molar-refractivity contribution in [3.63, 3.8) is 0 Å². The van der Waals surface area contributed by atoms with Gasteiger partial charge in [-0.3, -0.25) is 0 Å². The third-order valence-corrected chi connectivity index (χ3v) is 7.52. The van der Waals surface area contributed by atoms with E-state index in [0.29, 0.717) is 0 Å². The average molecular weight is 471 g/mol. The first kappa shape index (κ1) is 21.6. The molecule has 0 fully saturated rings. The molecule has 0 heteroatoms. The van der Waals surface area contributed by atoms with E-state index in [4.69, 9.17) is 0 Å². The Kier molecular flexibility index (Phi) is 5.11. The van der Waals surface area contributed by atoms with Crippen LogP contribution in [0.5, 0.6) is 0 Å². The Morgan fingerprint density at radius 2 is 0.892 bits per heavy atom. The minimum Gasteiger partial charge on any atom is -0.0622 e. The fourth-order valence-corrected chi connectivity index (χ4v) is 5.81. The third kappa shape index (κ3) is 3.61. The number of hydrogen-bond donors (Lipinski definition) is 0. The normalized spacial score (nSPS) is 11.4. The highest BCUT2D eigenvalue weighted by Crippen LogP contribution is 2.44. The largest absolute Gasteiger partial charge is 0.0622 e. The van der Waals surface area contributed by atoms with Gasteiger partial charge in [0.2, 0.25) is 0 Å². The number of aryl methyl sites for hydroxylation is 1. The zero-order valence-electron chi connectivity index (χ0n) is 20.8. The number of rotatable bonds is 3. The molecule has 174 valence electrons. The van der Waals surface area contributed by atoms with Gasteiger partial charge < -0.3 is 0 Å².